The first kappa shape index (κ1) is 36.2. The quantitative estimate of drug-likeness (QED) is 0.143. The van der Waals surface area contributed by atoms with Crippen molar-refractivity contribution >= 4 is 99.2 Å². The molecule has 7 aromatic rings. The highest BCUT2D eigenvalue weighted by Crippen LogP contribution is 2.28. The fourth-order valence-corrected chi connectivity index (χ4v) is 9.13. The van der Waals surface area contributed by atoms with E-state index >= 15 is 0 Å². The molecule has 0 aliphatic carbocycles. The van der Waals surface area contributed by atoms with E-state index in [1.54, 1.807) is 0 Å². The summed E-state index contributed by atoms with van der Waals surface area (Å²) in [5.41, 5.74) is 6.06. The van der Waals surface area contributed by atoms with Gasteiger partial charge in [0.1, 0.15) is 9.79 Å². The van der Waals surface area contributed by atoms with E-state index in [0.29, 0.717) is 10.0 Å². The molecule has 0 radical (unpaired) electrons. The van der Waals surface area contributed by atoms with E-state index in [4.69, 9.17) is 46.4 Å². The largest absolute Gasteiger partial charge is 0.355 e. The van der Waals surface area contributed by atoms with Crippen molar-refractivity contribution in [3.63, 3.8) is 0 Å². The van der Waals surface area contributed by atoms with Crippen LogP contribution in [0.25, 0.3) is 32.7 Å². The average molecular weight is 789 g/mol. The standard InChI is InChI=1S/C19H14Cl2N2O2S.C17H16Cl2N2O2S/c20-13-6-8-19(16(21)10-13)26(24,25)22-11-12-5-7-18-15(9-12)14-3-1-2-4-17(14)23-18;1-11-7-13-8-12(3-5-16(13)21(11)2)10-20-24(22,23)17-6-4-14(18)9-15(17)19/h1-10,22-23H,11H2;3-9,20H,10H2,1-2H3. The molecule has 0 fully saturated rings. The van der Waals surface area contributed by atoms with Gasteiger partial charge in [-0.05, 0) is 90.8 Å². The number of aryl methyl sites for hydroxylation is 2. The van der Waals surface area contributed by atoms with Crippen molar-refractivity contribution in [1.82, 2.24) is 19.0 Å². The molecule has 50 heavy (non-hydrogen) atoms. The van der Waals surface area contributed by atoms with Crippen LogP contribution in [0.3, 0.4) is 0 Å². The summed E-state index contributed by atoms with van der Waals surface area (Å²) in [6, 6.07) is 30.4. The predicted octanol–water partition coefficient (Wildman–Crippen LogP) is 9.38. The van der Waals surface area contributed by atoms with E-state index in [2.05, 4.69) is 25.1 Å². The Morgan fingerprint density at radius 1 is 0.620 bits per heavy atom. The number of nitrogens with zero attached hydrogens (tertiary/aromatic N) is 1. The van der Waals surface area contributed by atoms with Crippen LogP contribution in [0, 0.1) is 6.92 Å². The lowest BCUT2D eigenvalue weighted by molar-refractivity contribution is 0.579. The van der Waals surface area contributed by atoms with Crippen molar-refractivity contribution < 1.29 is 16.8 Å². The van der Waals surface area contributed by atoms with Gasteiger partial charge >= 0.3 is 0 Å². The number of fused-ring (bicyclic) bond motifs is 4. The second kappa shape index (κ2) is 14.6. The number of hydrogen-bond donors (Lipinski definition) is 3. The lowest BCUT2D eigenvalue weighted by Crippen LogP contribution is -2.23. The van der Waals surface area contributed by atoms with Crippen molar-refractivity contribution in [2.45, 2.75) is 29.8 Å². The summed E-state index contributed by atoms with van der Waals surface area (Å²) >= 11 is 23.6. The fraction of sp³-hybridized carbons (Fsp3) is 0.111. The highest BCUT2D eigenvalue weighted by atomic mass is 35.5. The molecular formula is C36H30Cl4N4O4S2. The Morgan fingerprint density at radius 2 is 1.16 bits per heavy atom. The molecule has 0 amide bonds. The third kappa shape index (κ3) is 7.83. The summed E-state index contributed by atoms with van der Waals surface area (Å²) < 4.78 is 57.1. The van der Waals surface area contributed by atoms with Crippen molar-refractivity contribution in [2.24, 2.45) is 7.05 Å². The maximum atomic E-state index is 12.5. The summed E-state index contributed by atoms with van der Waals surface area (Å²) in [6.07, 6.45) is 0. The van der Waals surface area contributed by atoms with Crippen molar-refractivity contribution in [2.75, 3.05) is 0 Å². The minimum absolute atomic E-state index is 0.0109. The van der Waals surface area contributed by atoms with Crippen LogP contribution < -0.4 is 9.44 Å². The third-order valence-corrected chi connectivity index (χ3v) is 12.5. The zero-order valence-corrected chi connectivity index (χ0v) is 31.3. The Bertz CT molecular complexity index is 2620. The van der Waals surface area contributed by atoms with E-state index < -0.39 is 20.0 Å². The topological polar surface area (TPSA) is 113 Å². The van der Waals surface area contributed by atoms with E-state index in [9.17, 15) is 16.8 Å². The molecule has 14 heteroatoms. The van der Waals surface area contributed by atoms with Crippen molar-refractivity contribution in [3.05, 3.63) is 140 Å². The van der Waals surface area contributed by atoms with Gasteiger partial charge in [-0.25, -0.2) is 26.3 Å². The molecule has 0 saturated carbocycles. The molecule has 0 spiro atoms. The second-order valence-corrected chi connectivity index (χ2v) is 16.7. The summed E-state index contributed by atoms with van der Waals surface area (Å²) in [5, 5.41) is 4.22. The monoisotopic (exact) mass is 786 g/mol. The Balaban J connectivity index is 0.000000174. The van der Waals surface area contributed by atoms with Crippen LogP contribution in [0.15, 0.2) is 113 Å². The van der Waals surface area contributed by atoms with Crippen LogP contribution in [-0.2, 0) is 40.2 Å². The van der Waals surface area contributed by atoms with Crippen molar-refractivity contribution in [3.8, 4) is 0 Å². The number of benzene rings is 5. The molecule has 0 aliphatic rings. The normalized spacial score (nSPS) is 12.0. The number of aromatic nitrogens is 2. The van der Waals surface area contributed by atoms with Crippen LogP contribution in [0.1, 0.15) is 16.8 Å². The first-order valence-corrected chi connectivity index (χ1v) is 19.6. The SMILES string of the molecule is Cc1cc2cc(CNS(=O)(=O)c3ccc(Cl)cc3Cl)ccc2n1C.O=S(=O)(NCc1ccc2[nH]c3ccccc3c2c1)c1ccc(Cl)cc1Cl. The van der Waals surface area contributed by atoms with Gasteiger partial charge in [0.15, 0.2) is 0 Å². The van der Waals surface area contributed by atoms with Gasteiger partial charge in [0.05, 0.1) is 10.0 Å². The smallest absolute Gasteiger partial charge is 0.242 e. The highest BCUT2D eigenvalue weighted by Gasteiger charge is 2.19. The van der Waals surface area contributed by atoms with Gasteiger partial charge < -0.3 is 9.55 Å². The number of hydrogen-bond acceptors (Lipinski definition) is 4. The number of aromatic amines is 1. The number of para-hydroxylation sites is 1. The summed E-state index contributed by atoms with van der Waals surface area (Å²) in [4.78, 5) is 3.38. The third-order valence-electron chi connectivity index (χ3n) is 8.22. The lowest BCUT2D eigenvalue weighted by Gasteiger charge is -2.09. The molecular weight excluding hydrogens is 758 g/mol. The molecule has 2 heterocycles. The number of halogens is 4. The Morgan fingerprint density at radius 3 is 1.76 bits per heavy atom. The minimum Gasteiger partial charge on any atom is -0.355 e. The van der Waals surface area contributed by atoms with Gasteiger partial charge in [0, 0.05) is 68.6 Å². The predicted molar refractivity (Wildman–Crippen MR) is 204 cm³/mol. The molecule has 0 saturated heterocycles. The van der Waals surface area contributed by atoms with Gasteiger partial charge in [0.2, 0.25) is 20.0 Å². The lowest BCUT2D eigenvalue weighted by atomic mass is 10.1. The van der Waals surface area contributed by atoms with E-state index in [1.165, 1.54) is 36.4 Å². The Hall–Kier alpha value is -3.58. The van der Waals surface area contributed by atoms with E-state index in [-0.39, 0.29) is 32.9 Å². The van der Waals surface area contributed by atoms with Gasteiger partial charge in [-0.2, -0.15) is 0 Å². The molecule has 3 N–H and O–H groups in total. The van der Waals surface area contributed by atoms with Crippen LogP contribution in [-0.4, -0.2) is 26.4 Å². The van der Waals surface area contributed by atoms with Gasteiger partial charge in [0.25, 0.3) is 0 Å². The molecule has 2 aromatic heterocycles. The number of sulfonamides is 2. The zero-order chi connectivity index (χ0) is 35.8. The van der Waals surface area contributed by atoms with Crippen molar-refractivity contribution in [1.29, 1.82) is 0 Å². The van der Waals surface area contributed by atoms with Crippen LogP contribution in [0.4, 0.5) is 0 Å². The van der Waals surface area contributed by atoms with Gasteiger partial charge in [-0.1, -0.05) is 76.7 Å². The average Bonchev–Trinajstić information content (AvgIpc) is 3.58. The van der Waals surface area contributed by atoms with Gasteiger partial charge in [-0.3, -0.25) is 0 Å². The minimum atomic E-state index is -3.74. The van der Waals surface area contributed by atoms with E-state index in [1.807, 2.05) is 74.6 Å². The summed E-state index contributed by atoms with van der Waals surface area (Å²) in [5.74, 6) is 0. The Kier molecular flexibility index (Phi) is 10.6. The summed E-state index contributed by atoms with van der Waals surface area (Å²) in [7, 11) is -5.44. The fourth-order valence-electron chi connectivity index (χ4n) is 5.55. The molecule has 5 aromatic carbocycles. The van der Waals surface area contributed by atoms with Crippen LogP contribution in [0.2, 0.25) is 20.1 Å². The van der Waals surface area contributed by atoms with Gasteiger partial charge in [-0.15, -0.1) is 0 Å². The zero-order valence-electron chi connectivity index (χ0n) is 26.6. The van der Waals surface area contributed by atoms with Crippen LogP contribution in [0.5, 0.6) is 0 Å². The maximum Gasteiger partial charge on any atom is 0.242 e. The molecule has 0 aliphatic heterocycles. The van der Waals surface area contributed by atoms with E-state index in [0.717, 1.165) is 49.5 Å². The highest BCUT2D eigenvalue weighted by molar-refractivity contribution is 7.89. The molecule has 0 bridgehead atoms. The summed E-state index contributed by atoms with van der Waals surface area (Å²) in [6.45, 7) is 2.38. The Labute approximate surface area is 310 Å². The molecule has 7 rings (SSSR count). The molecule has 258 valence electrons. The molecule has 8 nitrogen and oxygen atoms in total. The first-order valence-electron chi connectivity index (χ1n) is 15.2. The maximum absolute atomic E-state index is 12.5. The molecule has 0 atom stereocenters. The number of H-pyrrole nitrogens is 1. The number of nitrogens with one attached hydrogen (secondary N) is 3. The van der Waals surface area contributed by atoms with Crippen LogP contribution >= 0.6 is 46.4 Å². The second-order valence-electron chi connectivity index (χ2n) is 11.6. The first-order chi connectivity index (χ1) is 23.7. The molecule has 0 unspecified atom stereocenters. The number of rotatable bonds is 8.